The number of carbonyl (C=O) groups excluding carboxylic acids is 1. The Labute approximate surface area is 119 Å². The van der Waals surface area contributed by atoms with Gasteiger partial charge in [-0.1, -0.05) is 18.2 Å². The molecule has 1 aromatic carbocycles. The fraction of sp³-hybridized carbons (Fsp3) is 0.214. The second kappa shape index (κ2) is 5.66. The fourth-order valence-corrected chi connectivity index (χ4v) is 2.24. The number of carboxylic acids is 2. The molecule has 2 aromatic rings. The highest BCUT2D eigenvalue weighted by Gasteiger charge is 2.25. The number of nitrogens with one attached hydrogen (secondary N) is 1. The van der Waals surface area contributed by atoms with E-state index < -0.39 is 30.9 Å². The summed E-state index contributed by atoms with van der Waals surface area (Å²) >= 11 is 0. The quantitative estimate of drug-likeness (QED) is 0.763. The van der Waals surface area contributed by atoms with Gasteiger partial charge in [-0.15, -0.1) is 0 Å². The molecule has 0 spiro atoms. The van der Waals surface area contributed by atoms with Crippen LogP contribution in [0, 0.1) is 6.92 Å². The minimum Gasteiger partial charge on any atom is -0.480 e. The number of H-pyrrole nitrogens is 1. The fourth-order valence-electron chi connectivity index (χ4n) is 2.24. The monoisotopic (exact) mass is 290 g/mol. The molecule has 0 aliphatic rings. The minimum atomic E-state index is -1.26. The van der Waals surface area contributed by atoms with E-state index in [0.29, 0.717) is 16.6 Å². The van der Waals surface area contributed by atoms with Gasteiger partial charge in [0.1, 0.15) is 13.1 Å². The summed E-state index contributed by atoms with van der Waals surface area (Å²) in [6.45, 7) is 0.362. The molecule has 1 amide bonds. The number of aliphatic carboxylic acids is 2. The third-order valence-corrected chi connectivity index (χ3v) is 3.05. The van der Waals surface area contributed by atoms with Crippen molar-refractivity contribution in [2.75, 3.05) is 13.1 Å². The summed E-state index contributed by atoms with van der Waals surface area (Å²) in [5.74, 6) is -3.14. The summed E-state index contributed by atoms with van der Waals surface area (Å²) in [6, 6.07) is 7.08. The second-order valence-electron chi connectivity index (χ2n) is 4.62. The number of carbonyl (C=O) groups is 3. The smallest absolute Gasteiger partial charge is 0.323 e. The lowest BCUT2D eigenvalue weighted by Gasteiger charge is -2.18. The molecule has 110 valence electrons. The number of para-hydroxylation sites is 1. The zero-order valence-electron chi connectivity index (χ0n) is 11.3. The Kier molecular flexibility index (Phi) is 3.93. The molecule has 0 bridgehead atoms. The SMILES string of the molecule is Cc1[nH]c2ccccc2c1C(=O)N(CC(=O)O)CC(=O)O. The van der Waals surface area contributed by atoms with Gasteiger partial charge in [-0.2, -0.15) is 0 Å². The van der Waals surface area contributed by atoms with Crippen molar-refractivity contribution in [3.8, 4) is 0 Å². The predicted molar refractivity (Wildman–Crippen MR) is 74.2 cm³/mol. The summed E-state index contributed by atoms with van der Waals surface area (Å²) in [5.41, 5.74) is 1.61. The van der Waals surface area contributed by atoms with E-state index in [1.807, 2.05) is 0 Å². The van der Waals surface area contributed by atoms with Crippen LogP contribution >= 0.6 is 0 Å². The molecule has 21 heavy (non-hydrogen) atoms. The number of nitrogens with zero attached hydrogens (tertiary/aromatic N) is 1. The first-order valence-corrected chi connectivity index (χ1v) is 6.20. The molecule has 1 heterocycles. The Bertz CT molecular complexity index is 703. The van der Waals surface area contributed by atoms with Gasteiger partial charge in [0, 0.05) is 16.6 Å². The van der Waals surface area contributed by atoms with E-state index in [4.69, 9.17) is 10.2 Å². The summed E-state index contributed by atoms with van der Waals surface area (Å²) in [4.78, 5) is 38.0. The van der Waals surface area contributed by atoms with Crippen LogP contribution in [0.4, 0.5) is 0 Å². The number of hydrogen-bond donors (Lipinski definition) is 3. The van der Waals surface area contributed by atoms with Crippen molar-refractivity contribution in [3.63, 3.8) is 0 Å². The maximum absolute atomic E-state index is 12.5. The number of fused-ring (bicyclic) bond motifs is 1. The third-order valence-electron chi connectivity index (χ3n) is 3.05. The Morgan fingerprint density at radius 2 is 1.67 bits per heavy atom. The van der Waals surface area contributed by atoms with Crippen molar-refractivity contribution in [2.45, 2.75) is 6.92 Å². The van der Waals surface area contributed by atoms with Crippen molar-refractivity contribution in [1.82, 2.24) is 9.88 Å². The van der Waals surface area contributed by atoms with Crippen molar-refractivity contribution in [1.29, 1.82) is 0 Å². The zero-order chi connectivity index (χ0) is 15.6. The predicted octanol–water partition coefficient (Wildman–Crippen LogP) is 1.09. The summed E-state index contributed by atoms with van der Waals surface area (Å²) in [5, 5.41) is 18.3. The normalized spacial score (nSPS) is 10.5. The van der Waals surface area contributed by atoms with Crippen LogP contribution < -0.4 is 0 Å². The van der Waals surface area contributed by atoms with Gasteiger partial charge in [-0.05, 0) is 13.0 Å². The molecule has 3 N–H and O–H groups in total. The lowest BCUT2D eigenvalue weighted by atomic mass is 10.1. The molecule has 0 unspecified atom stereocenters. The Morgan fingerprint density at radius 3 is 2.24 bits per heavy atom. The van der Waals surface area contributed by atoms with Crippen LogP contribution in [0.25, 0.3) is 10.9 Å². The largest absolute Gasteiger partial charge is 0.480 e. The van der Waals surface area contributed by atoms with Crippen LogP contribution in [0.3, 0.4) is 0 Å². The third kappa shape index (κ3) is 3.02. The van der Waals surface area contributed by atoms with Crippen LogP contribution in [0.2, 0.25) is 0 Å². The molecule has 0 atom stereocenters. The number of aryl methyl sites for hydroxylation is 1. The van der Waals surface area contributed by atoms with Gasteiger partial charge in [0.05, 0.1) is 5.56 Å². The van der Waals surface area contributed by atoms with Crippen LogP contribution in [0.15, 0.2) is 24.3 Å². The maximum Gasteiger partial charge on any atom is 0.323 e. The van der Waals surface area contributed by atoms with Crippen LogP contribution in [-0.2, 0) is 9.59 Å². The van der Waals surface area contributed by atoms with Crippen LogP contribution in [-0.4, -0.2) is 51.0 Å². The minimum absolute atomic E-state index is 0.299. The van der Waals surface area contributed by atoms with Gasteiger partial charge in [0.25, 0.3) is 5.91 Å². The first kappa shape index (κ1) is 14.6. The number of aromatic amines is 1. The van der Waals surface area contributed by atoms with Crippen molar-refractivity contribution in [3.05, 3.63) is 35.5 Å². The van der Waals surface area contributed by atoms with E-state index in [9.17, 15) is 14.4 Å². The molecule has 7 nitrogen and oxygen atoms in total. The second-order valence-corrected chi connectivity index (χ2v) is 4.62. The summed E-state index contributed by atoms with van der Waals surface area (Å²) < 4.78 is 0. The maximum atomic E-state index is 12.5. The molecule has 0 saturated heterocycles. The van der Waals surface area contributed by atoms with E-state index in [0.717, 1.165) is 10.4 Å². The molecular formula is C14H14N2O5. The summed E-state index contributed by atoms with van der Waals surface area (Å²) in [7, 11) is 0. The first-order chi connectivity index (χ1) is 9.90. The number of amides is 1. The Morgan fingerprint density at radius 1 is 1.10 bits per heavy atom. The van der Waals surface area contributed by atoms with E-state index >= 15 is 0 Å². The van der Waals surface area contributed by atoms with E-state index in [2.05, 4.69) is 4.98 Å². The Hall–Kier alpha value is -2.83. The Balaban J connectivity index is 2.45. The van der Waals surface area contributed by atoms with Crippen LogP contribution in [0.5, 0.6) is 0 Å². The highest BCUT2D eigenvalue weighted by Crippen LogP contribution is 2.23. The standard InChI is InChI=1S/C14H14N2O5/c1-8-13(9-4-2-3-5-10(9)15-8)14(21)16(6-11(17)18)7-12(19)20/h2-5,15H,6-7H2,1H3,(H,17,18)(H,19,20). The van der Waals surface area contributed by atoms with Crippen molar-refractivity contribution >= 4 is 28.7 Å². The number of hydrogen-bond acceptors (Lipinski definition) is 3. The van der Waals surface area contributed by atoms with Gasteiger partial charge in [0.2, 0.25) is 0 Å². The van der Waals surface area contributed by atoms with Gasteiger partial charge >= 0.3 is 11.9 Å². The van der Waals surface area contributed by atoms with Gasteiger partial charge in [0.15, 0.2) is 0 Å². The first-order valence-electron chi connectivity index (χ1n) is 6.20. The average molecular weight is 290 g/mol. The molecule has 0 saturated carbocycles. The van der Waals surface area contributed by atoms with Crippen molar-refractivity contribution in [2.24, 2.45) is 0 Å². The van der Waals surface area contributed by atoms with E-state index in [-0.39, 0.29) is 0 Å². The number of aromatic nitrogens is 1. The van der Waals surface area contributed by atoms with E-state index in [1.165, 1.54) is 0 Å². The van der Waals surface area contributed by atoms with Gasteiger partial charge in [-0.25, -0.2) is 0 Å². The van der Waals surface area contributed by atoms with Crippen LogP contribution in [0.1, 0.15) is 16.1 Å². The number of benzene rings is 1. The topological polar surface area (TPSA) is 111 Å². The van der Waals surface area contributed by atoms with E-state index in [1.54, 1.807) is 31.2 Å². The van der Waals surface area contributed by atoms with Gasteiger partial charge in [-0.3, -0.25) is 14.4 Å². The number of rotatable bonds is 5. The molecule has 2 rings (SSSR count). The molecule has 0 radical (unpaired) electrons. The van der Waals surface area contributed by atoms with Gasteiger partial charge < -0.3 is 20.1 Å². The molecular weight excluding hydrogens is 276 g/mol. The average Bonchev–Trinajstić information content (AvgIpc) is 2.71. The molecule has 7 heteroatoms. The molecule has 1 aromatic heterocycles. The number of carboxylic acid groups (broad SMARTS) is 2. The zero-order valence-corrected chi connectivity index (χ0v) is 11.3. The molecule has 0 aliphatic carbocycles. The highest BCUT2D eigenvalue weighted by molar-refractivity contribution is 6.09. The molecule has 0 aliphatic heterocycles. The molecule has 0 fully saturated rings. The highest BCUT2D eigenvalue weighted by atomic mass is 16.4. The summed E-state index contributed by atoms with van der Waals surface area (Å²) in [6.07, 6.45) is 0. The van der Waals surface area contributed by atoms with Crippen molar-refractivity contribution < 1.29 is 24.6 Å². The lowest BCUT2D eigenvalue weighted by Crippen LogP contribution is -2.39. The lowest BCUT2D eigenvalue weighted by molar-refractivity contribution is -0.140.